The molecule has 0 saturated heterocycles. The first-order chi connectivity index (χ1) is 23.6. The van der Waals surface area contributed by atoms with E-state index >= 15 is 0 Å². The number of unbranched alkanes of at least 4 members (excludes halogenated alkanes) is 7. The van der Waals surface area contributed by atoms with E-state index in [0.29, 0.717) is 40.6 Å². The summed E-state index contributed by atoms with van der Waals surface area (Å²) in [4.78, 5) is 11.1. The first-order valence-electron chi connectivity index (χ1n) is 16.2. The first-order valence-corrected chi connectivity index (χ1v) is 19.0. The van der Waals surface area contributed by atoms with E-state index in [1.165, 1.54) is 56.4 Å². The summed E-state index contributed by atoms with van der Waals surface area (Å²) in [7, 11) is -9.77. The molecule has 4 N–H and O–H groups in total. The Balaban J connectivity index is 0.00000468. The fraction of sp³-hybridized carbons (Fsp3) is 0.343. The number of carbonyl (C=O) groups is 1. The molecule has 268 valence electrons. The Hall–Kier alpha value is -2.57. The molecule has 0 radical (unpaired) electrons. The minimum Gasteiger partial charge on any atom is -0.872 e. The molecule has 0 aliphatic carbocycles. The van der Waals surface area contributed by atoms with Gasteiger partial charge in [-0.2, -0.15) is 8.42 Å². The van der Waals surface area contributed by atoms with Gasteiger partial charge in [0.15, 0.2) is 0 Å². The summed E-state index contributed by atoms with van der Waals surface area (Å²) in [5.41, 5.74) is 8.37. The second-order valence-electron chi connectivity index (χ2n) is 12.1. The smallest absolute Gasteiger partial charge is 0.872 e. The van der Waals surface area contributed by atoms with E-state index in [0.717, 1.165) is 25.3 Å². The summed E-state index contributed by atoms with van der Waals surface area (Å²) < 4.78 is 74.9. The number of rotatable bonds is 15. The van der Waals surface area contributed by atoms with Crippen molar-refractivity contribution in [2.75, 3.05) is 17.7 Å². The minimum absolute atomic E-state index is 0. The Bertz CT molecular complexity index is 2150. The van der Waals surface area contributed by atoms with Crippen LogP contribution < -0.4 is 75.3 Å². The summed E-state index contributed by atoms with van der Waals surface area (Å²) >= 11 is 0. The van der Waals surface area contributed by atoms with Crippen LogP contribution in [0.4, 0.5) is 27.5 Å². The molecule has 52 heavy (non-hydrogen) atoms. The minimum atomic E-state index is -4.92. The van der Waals surface area contributed by atoms with Crippen molar-refractivity contribution in [3.05, 3.63) is 65.7 Å². The largest absolute Gasteiger partial charge is 1.00 e. The van der Waals surface area contributed by atoms with Gasteiger partial charge in [0.2, 0.25) is 0 Å². The number of carbonyl (C=O) groups excluding carboxylic acids is 1. The maximum atomic E-state index is 12.8. The van der Waals surface area contributed by atoms with E-state index in [-0.39, 0.29) is 86.9 Å². The number of nitrogens with one attached hydrogen (secondary N) is 1. The maximum absolute atomic E-state index is 12.8. The molecule has 0 aromatic heterocycles. The van der Waals surface area contributed by atoms with Crippen LogP contribution in [0.5, 0.6) is 5.75 Å². The van der Waals surface area contributed by atoms with Gasteiger partial charge in [-0.15, -0.1) is 10.2 Å². The predicted octanol–water partition coefficient (Wildman–Crippen LogP) is 2.04. The van der Waals surface area contributed by atoms with E-state index in [2.05, 4.69) is 22.5 Å². The maximum Gasteiger partial charge on any atom is 1.00 e. The second kappa shape index (κ2) is 20.2. The summed E-state index contributed by atoms with van der Waals surface area (Å²) in [6, 6.07) is 12.0. The summed E-state index contributed by atoms with van der Waals surface area (Å²) in [5, 5.41) is 23.5. The molecule has 4 aromatic rings. The van der Waals surface area contributed by atoms with Crippen LogP contribution >= 0.6 is 0 Å². The molecule has 0 fully saturated rings. The molecule has 1 amide bonds. The van der Waals surface area contributed by atoms with Crippen molar-refractivity contribution in [1.82, 2.24) is 0 Å². The van der Waals surface area contributed by atoms with E-state index in [1.54, 1.807) is 32.0 Å². The van der Waals surface area contributed by atoms with Gasteiger partial charge in [0.1, 0.15) is 26.4 Å². The normalized spacial score (nSPS) is 11.6. The Morgan fingerprint density at radius 1 is 0.846 bits per heavy atom. The van der Waals surface area contributed by atoms with E-state index in [1.807, 2.05) is 0 Å². The van der Waals surface area contributed by atoms with Gasteiger partial charge >= 0.3 is 65.2 Å². The Morgan fingerprint density at radius 2 is 1.48 bits per heavy atom. The van der Waals surface area contributed by atoms with Gasteiger partial charge in [-0.3, -0.25) is 9.87 Å². The number of benzene rings is 4. The van der Waals surface area contributed by atoms with Crippen molar-refractivity contribution >= 4 is 59.9 Å². The molecular formula is C35H40N4Na2O9S2. The van der Waals surface area contributed by atoms with E-state index in [9.17, 15) is 35.8 Å². The van der Waals surface area contributed by atoms with Crippen LogP contribution in [0.25, 0.3) is 21.9 Å². The van der Waals surface area contributed by atoms with Crippen LogP contribution in [0, 0.1) is 13.8 Å². The summed E-state index contributed by atoms with van der Waals surface area (Å²) in [6.45, 7) is 5.98. The zero-order valence-electron chi connectivity index (χ0n) is 30.1. The molecule has 13 nitrogen and oxygen atoms in total. The van der Waals surface area contributed by atoms with Gasteiger partial charge in [0.25, 0.3) is 10.1 Å². The SMILES string of the molecule is CCCCCCCCCCOC(=O)Nc1ccc(-c2cc(S(=O)(=O)O)c(N=Nc3c(N)ccc4cc(S(=O)(=O)[O-])cc([O-])c34)cc2C)c(C)c1.[Na+].[Na+]. The predicted molar refractivity (Wildman–Crippen MR) is 189 cm³/mol. The second-order valence-corrected chi connectivity index (χ2v) is 14.8. The van der Waals surface area contributed by atoms with Gasteiger partial charge in [-0.05, 0) is 84.3 Å². The van der Waals surface area contributed by atoms with Gasteiger partial charge in [0, 0.05) is 11.1 Å². The molecule has 0 unspecified atom stereocenters. The van der Waals surface area contributed by atoms with Gasteiger partial charge < -0.3 is 20.1 Å². The number of azo groups is 1. The third-order valence-electron chi connectivity index (χ3n) is 8.18. The number of ether oxygens (including phenoxy) is 1. The van der Waals surface area contributed by atoms with E-state index in [4.69, 9.17) is 10.5 Å². The molecule has 0 atom stereocenters. The van der Waals surface area contributed by atoms with Crippen molar-refractivity contribution < 1.29 is 99.7 Å². The Kier molecular flexibility index (Phi) is 17.7. The van der Waals surface area contributed by atoms with E-state index < -0.39 is 41.9 Å². The van der Waals surface area contributed by atoms with Gasteiger partial charge in [-0.1, -0.05) is 75.8 Å². The zero-order chi connectivity index (χ0) is 36.6. The molecular weight excluding hydrogens is 731 g/mol. The van der Waals surface area contributed by atoms with Crippen molar-refractivity contribution in [1.29, 1.82) is 0 Å². The summed E-state index contributed by atoms with van der Waals surface area (Å²) in [6.07, 6.45) is 8.46. The average molecular weight is 771 g/mol. The molecule has 0 aliphatic heterocycles. The van der Waals surface area contributed by atoms with Crippen LogP contribution in [0.2, 0.25) is 0 Å². The van der Waals surface area contributed by atoms with Crippen molar-refractivity contribution in [2.24, 2.45) is 10.2 Å². The molecule has 0 heterocycles. The molecule has 0 saturated carbocycles. The van der Waals surface area contributed by atoms with Crippen LogP contribution in [0.1, 0.15) is 69.4 Å². The molecule has 4 aromatic carbocycles. The summed E-state index contributed by atoms with van der Waals surface area (Å²) in [5.74, 6) is -0.857. The monoisotopic (exact) mass is 770 g/mol. The van der Waals surface area contributed by atoms with Crippen LogP contribution in [0.15, 0.2) is 74.6 Å². The topological polar surface area (TPSA) is 224 Å². The number of amides is 1. The number of nitrogens with zero attached hydrogens (tertiary/aromatic N) is 2. The van der Waals surface area contributed by atoms with Gasteiger partial charge in [-0.25, -0.2) is 13.2 Å². The third kappa shape index (κ3) is 12.2. The number of hydrogen-bond acceptors (Lipinski definition) is 11. The fourth-order valence-electron chi connectivity index (χ4n) is 5.60. The average Bonchev–Trinajstić information content (AvgIpc) is 3.03. The molecule has 17 heteroatoms. The van der Waals surface area contributed by atoms with Crippen LogP contribution in [0.3, 0.4) is 0 Å². The molecule has 4 rings (SSSR count). The third-order valence-corrected chi connectivity index (χ3v) is 9.88. The number of anilines is 2. The quantitative estimate of drug-likeness (QED) is 0.0525. The first kappa shape index (κ1) is 45.6. The fourth-order valence-corrected chi connectivity index (χ4v) is 6.75. The van der Waals surface area contributed by atoms with Gasteiger partial charge in [0.05, 0.1) is 17.2 Å². The number of nitrogen functional groups attached to an aromatic ring is 1. The van der Waals surface area contributed by atoms with Crippen LogP contribution in [-0.2, 0) is 25.0 Å². The molecule has 0 bridgehead atoms. The number of fused-ring (bicyclic) bond motifs is 1. The Morgan fingerprint density at radius 3 is 2.10 bits per heavy atom. The van der Waals surface area contributed by atoms with Crippen LogP contribution in [-0.4, -0.2) is 38.6 Å². The number of hydrogen-bond donors (Lipinski definition) is 3. The van der Waals surface area contributed by atoms with Crippen molar-refractivity contribution in [3.63, 3.8) is 0 Å². The number of aryl methyl sites for hydroxylation is 2. The molecule has 0 aliphatic rings. The van der Waals surface area contributed by atoms with Crippen molar-refractivity contribution in [2.45, 2.75) is 81.9 Å². The standard InChI is InChI=1S/C35H42N4O9S2.2Na/c1-4-5-6-7-8-9-10-11-16-48-35(41)37-25-13-14-27(22(2)17-25)28-21-32(50(45,46)47)30(18-23(28)3)38-39-34-29(36)15-12-24-19-26(49(42,43)44)20-31(40)33(24)34;;/h12-15,17-21,40H,4-11,16,36H2,1-3H3,(H,37,41)(H,42,43,44)(H,45,46,47);;/q;2*+1/p-2. The zero-order valence-corrected chi connectivity index (χ0v) is 35.7. The Labute approximate surface area is 348 Å². The van der Waals surface area contributed by atoms with Crippen molar-refractivity contribution in [3.8, 4) is 16.9 Å². The molecule has 0 spiro atoms. The number of nitrogens with two attached hydrogens (primary N) is 1.